The van der Waals surface area contributed by atoms with Crippen molar-refractivity contribution in [1.82, 2.24) is 15.3 Å². The molecule has 2 rings (SSSR count). The van der Waals surface area contributed by atoms with E-state index in [1.807, 2.05) is 30.5 Å². The zero-order valence-electron chi connectivity index (χ0n) is 11.3. The maximum atomic E-state index is 5.21. The Kier molecular flexibility index (Phi) is 4.94. The molecule has 19 heavy (non-hydrogen) atoms. The molecule has 0 unspecified atom stereocenters. The number of nitrogens with one attached hydrogen (secondary N) is 2. The number of hydrogen-bond donors (Lipinski definition) is 2. The van der Waals surface area contributed by atoms with Crippen LogP contribution in [0.3, 0.4) is 0 Å². The van der Waals surface area contributed by atoms with Crippen LogP contribution >= 0.6 is 0 Å². The number of benzene rings is 1. The van der Waals surface area contributed by atoms with Crippen molar-refractivity contribution in [3.63, 3.8) is 0 Å². The molecule has 0 bridgehead atoms. The highest BCUT2D eigenvalue weighted by Crippen LogP contribution is 2.21. The molecule has 102 valence electrons. The third kappa shape index (κ3) is 3.81. The SMILES string of the molecule is COCCNCc1cnc(-c2cccc(OC)c2)[nH]1. The van der Waals surface area contributed by atoms with E-state index in [1.165, 1.54) is 0 Å². The Morgan fingerprint density at radius 2 is 2.21 bits per heavy atom. The number of imidazole rings is 1. The van der Waals surface area contributed by atoms with Crippen molar-refractivity contribution in [2.24, 2.45) is 0 Å². The number of aromatic amines is 1. The Hall–Kier alpha value is -1.85. The van der Waals surface area contributed by atoms with Gasteiger partial charge in [0, 0.05) is 37.7 Å². The van der Waals surface area contributed by atoms with Crippen LogP contribution in [-0.4, -0.2) is 37.3 Å². The molecule has 2 N–H and O–H groups in total. The van der Waals surface area contributed by atoms with Crippen LogP contribution in [0.1, 0.15) is 5.69 Å². The van der Waals surface area contributed by atoms with Crippen molar-refractivity contribution in [3.05, 3.63) is 36.2 Å². The van der Waals surface area contributed by atoms with Gasteiger partial charge in [0.1, 0.15) is 11.6 Å². The minimum absolute atomic E-state index is 0.705. The summed E-state index contributed by atoms with van der Waals surface area (Å²) in [6, 6.07) is 7.83. The number of methoxy groups -OCH3 is 2. The van der Waals surface area contributed by atoms with Crippen molar-refractivity contribution in [2.45, 2.75) is 6.54 Å². The van der Waals surface area contributed by atoms with Gasteiger partial charge < -0.3 is 19.8 Å². The molecule has 0 radical (unpaired) electrons. The maximum absolute atomic E-state index is 5.21. The minimum atomic E-state index is 0.705. The number of aromatic nitrogens is 2. The third-order valence-electron chi connectivity index (χ3n) is 2.77. The van der Waals surface area contributed by atoms with Gasteiger partial charge in [-0.05, 0) is 12.1 Å². The van der Waals surface area contributed by atoms with Crippen LogP contribution in [0.5, 0.6) is 5.75 Å². The highest BCUT2D eigenvalue weighted by Gasteiger charge is 2.04. The van der Waals surface area contributed by atoms with Gasteiger partial charge in [-0.3, -0.25) is 0 Å². The second kappa shape index (κ2) is 6.92. The fourth-order valence-corrected chi connectivity index (χ4v) is 1.76. The first-order valence-electron chi connectivity index (χ1n) is 6.21. The molecule has 0 atom stereocenters. The molecule has 5 heteroatoms. The average Bonchev–Trinajstić information content (AvgIpc) is 2.92. The predicted molar refractivity (Wildman–Crippen MR) is 74.2 cm³/mol. The molecular weight excluding hydrogens is 242 g/mol. The van der Waals surface area contributed by atoms with Gasteiger partial charge in [0.2, 0.25) is 0 Å². The van der Waals surface area contributed by atoms with E-state index in [1.54, 1.807) is 14.2 Å². The van der Waals surface area contributed by atoms with Gasteiger partial charge in [0.05, 0.1) is 13.7 Å². The maximum Gasteiger partial charge on any atom is 0.137 e. The van der Waals surface area contributed by atoms with Crippen molar-refractivity contribution >= 4 is 0 Å². The van der Waals surface area contributed by atoms with Crippen LogP contribution in [0.15, 0.2) is 30.5 Å². The summed E-state index contributed by atoms with van der Waals surface area (Å²) in [5, 5.41) is 3.27. The first kappa shape index (κ1) is 13.6. The molecule has 1 aromatic carbocycles. The fourth-order valence-electron chi connectivity index (χ4n) is 1.76. The molecule has 5 nitrogen and oxygen atoms in total. The lowest BCUT2D eigenvalue weighted by Crippen LogP contribution is -2.18. The van der Waals surface area contributed by atoms with Gasteiger partial charge in [-0.15, -0.1) is 0 Å². The molecule has 2 aromatic rings. The molecule has 1 aromatic heterocycles. The zero-order valence-corrected chi connectivity index (χ0v) is 11.3. The highest BCUT2D eigenvalue weighted by molar-refractivity contribution is 5.57. The monoisotopic (exact) mass is 261 g/mol. The van der Waals surface area contributed by atoms with Gasteiger partial charge in [-0.1, -0.05) is 12.1 Å². The molecule has 0 fully saturated rings. The van der Waals surface area contributed by atoms with Crippen molar-refractivity contribution in [2.75, 3.05) is 27.4 Å². The summed E-state index contributed by atoms with van der Waals surface area (Å²) >= 11 is 0. The Morgan fingerprint density at radius 1 is 1.32 bits per heavy atom. The molecule has 0 amide bonds. The van der Waals surface area contributed by atoms with Crippen LogP contribution in [0.25, 0.3) is 11.4 Å². The molecule has 0 saturated carbocycles. The highest BCUT2D eigenvalue weighted by atomic mass is 16.5. The first-order chi connectivity index (χ1) is 9.33. The van der Waals surface area contributed by atoms with E-state index in [2.05, 4.69) is 15.3 Å². The largest absolute Gasteiger partial charge is 0.497 e. The van der Waals surface area contributed by atoms with Crippen LogP contribution in [-0.2, 0) is 11.3 Å². The number of ether oxygens (including phenoxy) is 2. The van der Waals surface area contributed by atoms with Gasteiger partial charge >= 0.3 is 0 Å². The van der Waals surface area contributed by atoms with Crippen LogP contribution in [0.2, 0.25) is 0 Å². The lowest BCUT2D eigenvalue weighted by atomic mass is 10.2. The second-order valence-corrected chi connectivity index (χ2v) is 4.16. The van der Waals surface area contributed by atoms with E-state index in [0.29, 0.717) is 6.61 Å². The molecule has 0 aliphatic rings. The van der Waals surface area contributed by atoms with Gasteiger partial charge in [0.15, 0.2) is 0 Å². The fraction of sp³-hybridized carbons (Fsp3) is 0.357. The lowest BCUT2D eigenvalue weighted by Gasteiger charge is -2.02. The summed E-state index contributed by atoms with van der Waals surface area (Å²) < 4.78 is 10.2. The standard InChI is InChI=1S/C14H19N3O2/c1-18-7-6-15-9-12-10-16-14(17-12)11-4-3-5-13(8-11)19-2/h3-5,8,10,15H,6-7,9H2,1-2H3,(H,16,17). The molecular formula is C14H19N3O2. The quantitative estimate of drug-likeness (QED) is 0.746. The van der Waals surface area contributed by atoms with Gasteiger partial charge in [0.25, 0.3) is 0 Å². The van der Waals surface area contributed by atoms with Crippen LogP contribution in [0, 0.1) is 0 Å². The smallest absolute Gasteiger partial charge is 0.137 e. The third-order valence-corrected chi connectivity index (χ3v) is 2.77. The molecule has 0 saturated heterocycles. The Labute approximate surface area is 113 Å². The van der Waals surface area contributed by atoms with E-state index in [-0.39, 0.29) is 0 Å². The van der Waals surface area contributed by atoms with Gasteiger partial charge in [-0.25, -0.2) is 4.98 Å². The van der Waals surface area contributed by atoms with Crippen LogP contribution in [0.4, 0.5) is 0 Å². The topological polar surface area (TPSA) is 59.2 Å². The summed E-state index contributed by atoms with van der Waals surface area (Å²) in [7, 11) is 3.35. The Morgan fingerprint density at radius 3 is 3.00 bits per heavy atom. The Bertz CT molecular complexity index is 511. The summed E-state index contributed by atoms with van der Waals surface area (Å²) in [6.07, 6.45) is 1.84. The summed E-state index contributed by atoms with van der Waals surface area (Å²) in [5.74, 6) is 1.68. The summed E-state index contributed by atoms with van der Waals surface area (Å²) in [4.78, 5) is 7.67. The summed E-state index contributed by atoms with van der Waals surface area (Å²) in [6.45, 7) is 2.28. The summed E-state index contributed by atoms with van der Waals surface area (Å²) in [5.41, 5.74) is 2.07. The predicted octanol–water partition coefficient (Wildman–Crippen LogP) is 1.82. The van der Waals surface area contributed by atoms with E-state index in [9.17, 15) is 0 Å². The number of H-pyrrole nitrogens is 1. The van der Waals surface area contributed by atoms with E-state index in [4.69, 9.17) is 9.47 Å². The van der Waals surface area contributed by atoms with Gasteiger partial charge in [-0.2, -0.15) is 0 Å². The molecule has 0 aliphatic carbocycles. The number of hydrogen-bond acceptors (Lipinski definition) is 4. The zero-order chi connectivity index (χ0) is 13.5. The molecule has 0 aliphatic heterocycles. The first-order valence-corrected chi connectivity index (χ1v) is 6.21. The molecule has 1 heterocycles. The lowest BCUT2D eigenvalue weighted by molar-refractivity contribution is 0.199. The van der Waals surface area contributed by atoms with Crippen molar-refractivity contribution in [1.29, 1.82) is 0 Å². The molecule has 0 spiro atoms. The van der Waals surface area contributed by atoms with Crippen molar-refractivity contribution in [3.8, 4) is 17.1 Å². The number of nitrogens with zero attached hydrogens (tertiary/aromatic N) is 1. The number of rotatable bonds is 7. The van der Waals surface area contributed by atoms with E-state index >= 15 is 0 Å². The normalized spacial score (nSPS) is 10.6. The van der Waals surface area contributed by atoms with E-state index in [0.717, 1.165) is 35.9 Å². The average molecular weight is 261 g/mol. The van der Waals surface area contributed by atoms with E-state index < -0.39 is 0 Å². The second-order valence-electron chi connectivity index (χ2n) is 4.16. The van der Waals surface area contributed by atoms with Crippen LogP contribution < -0.4 is 10.1 Å². The Balaban J connectivity index is 1.99. The van der Waals surface area contributed by atoms with Crippen molar-refractivity contribution < 1.29 is 9.47 Å². The minimum Gasteiger partial charge on any atom is -0.497 e.